The van der Waals surface area contributed by atoms with Crippen molar-refractivity contribution in [3.63, 3.8) is 0 Å². The van der Waals surface area contributed by atoms with E-state index in [0.717, 1.165) is 73.1 Å². The minimum Gasteiger partial charge on any atom is -0.378 e. The van der Waals surface area contributed by atoms with Crippen molar-refractivity contribution in [2.75, 3.05) is 19.8 Å². The van der Waals surface area contributed by atoms with Gasteiger partial charge in [0.25, 0.3) is 0 Å². The zero-order chi connectivity index (χ0) is 41.9. The summed E-state index contributed by atoms with van der Waals surface area (Å²) in [5.41, 5.74) is 2.66. The Balaban J connectivity index is 0. The summed E-state index contributed by atoms with van der Waals surface area (Å²) in [6.07, 6.45) is 26.7. The Morgan fingerprint density at radius 2 is 0.517 bits per heavy atom. The van der Waals surface area contributed by atoms with E-state index < -0.39 is 0 Å². The average molecular weight is 816 g/mol. The largest absolute Gasteiger partial charge is 0.378 e. The van der Waals surface area contributed by atoms with Crippen LogP contribution in [0.25, 0.3) is 0 Å². The van der Waals surface area contributed by atoms with Crippen molar-refractivity contribution in [2.24, 2.45) is 59.2 Å². The second-order valence-corrected chi connectivity index (χ2v) is 20.8. The third-order valence-electron chi connectivity index (χ3n) is 13.4. The molecule has 2 aliphatic heterocycles. The zero-order valence-electron chi connectivity index (χ0n) is 41.3. The SMILES string of the molecule is CC1CCC(C)CC1.CC1CCC(C)CC1.CC1CCC(C)CC1.CC1CCC(C)CC1.CC1CCC(C)OC1.CC1COC(C)OC1.Cc1ccc(C)cc1.F.[B]. The molecule has 1 aromatic carbocycles. The van der Waals surface area contributed by atoms with Gasteiger partial charge in [0.05, 0.1) is 19.3 Å². The number of benzene rings is 1. The second-order valence-electron chi connectivity index (χ2n) is 20.8. The standard InChI is InChI=1S/4C8H16.C8H10.C7H14O.C6H12O2.B.FH/c5*1-7-3-5-8(2)6-4-7;1-6-3-4-7(2)8-5-6;1-5-3-7-6(2)8-4-5;;/h4*7-8H,3-6H2,1-2H3;3-6H,1-2H3;6-7H,3-5H2,1-2H3;5-6H,3-4H2,1-2H3;;1H. The van der Waals surface area contributed by atoms with E-state index in [2.05, 4.69) is 114 Å². The van der Waals surface area contributed by atoms with Crippen LogP contribution in [0.2, 0.25) is 0 Å². The summed E-state index contributed by atoms with van der Waals surface area (Å²) in [5.74, 6) is 9.53. The van der Waals surface area contributed by atoms with E-state index in [9.17, 15) is 0 Å². The summed E-state index contributed by atoms with van der Waals surface area (Å²) in [6.45, 7) is 34.2. The lowest BCUT2D eigenvalue weighted by atomic mass is 9.84. The van der Waals surface area contributed by atoms with Crippen molar-refractivity contribution in [1.29, 1.82) is 0 Å². The van der Waals surface area contributed by atoms with Crippen LogP contribution in [0.4, 0.5) is 4.70 Å². The fourth-order valence-corrected chi connectivity index (χ4v) is 8.05. The molecule has 0 aromatic heterocycles. The van der Waals surface area contributed by atoms with Crippen molar-refractivity contribution < 1.29 is 18.9 Å². The molecule has 3 nitrogen and oxygen atoms in total. The van der Waals surface area contributed by atoms with E-state index in [1.54, 1.807) is 0 Å². The molecule has 0 N–H and O–H groups in total. The van der Waals surface area contributed by atoms with Gasteiger partial charge in [-0.15, -0.1) is 0 Å². The summed E-state index contributed by atoms with van der Waals surface area (Å²) in [7, 11) is 0. The summed E-state index contributed by atoms with van der Waals surface area (Å²) in [6, 6.07) is 8.48. The maximum absolute atomic E-state index is 5.39. The Hall–Kier alpha value is -0.905. The van der Waals surface area contributed by atoms with Gasteiger partial charge in [-0.2, -0.15) is 0 Å². The number of aryl methyl sites for hydroxylation is 2. The highest BCUT2D eigenvalue weighted by Crippen LogP contribution is 2.29. The molecule has 6 fully saturated rings. The first-order valence-electron chi connectivity index (χ1n) is 24.4. The van der Waals surface area contributed by atoms with Gasteiger partial charge in [0.15, 0.2) is 6.29 Å². The highest BCUT2D eigenvalue weighted by Gasteiger charge is 2.17. The molecule has 7 rings (SSSR count). The van der Waals surface area contributed by atoms with Gasteiger partial charge in [-0.25, -0.2) is 0 Å². The van der Waals surface area contributed by atoms with E-state index in [1.165, 1.54) is 127 Å². The molecule has 2 atom stereocenters. The molecular weight excluding hydrogens is 714 g/mol. The lowest BCUT2D eigenvalue weighted by Crippen LogP contribution is -2.27. The zero-order valence-corrected chi connectivity index (χ0v) is 41.3. The molecule has 2 heterocycles. The van der Waals surface area contributed by atoms with Crippen molar-refractivity contribution >= 4 is 8.41 Å². The van der Waals surface area contributed by atoms with Crippen LogP contribution in [-0.2, 0) is 14.2 Å². The highest BCUT2D eigenvalue weighted by molar-refractivity contribution is 5.75. The van der Waals surface area contributed by atoms with Gasteiger partial charge < -0.3 is 14.2 Å². The molecule has 6 aliphatic rings. The fourth-order valence-electron chi connectivity index (χ4n) is 8.05. The van der Waals surface area contributed by atoms with E-state index in [-0.39, 0.29) is 19.4 Å². The minimum absolute atomic E-state index is 0. The van der Waals surface area contributed by atoms with E-state index in [0.29, 0.717) is 12.0 Å². The van der Waals surface area contributed by atoms with Crippen LogP contribution >= 0.6 is 0 Å². The van der Waals surface area contributed by atoms with Crippen LogP contribution in [-0.4, -0.2) is 40.6 Å². The normalized spacial score (nSPS) is 34.2. The monoisotopic (exact) mass is 816 g/mol. The Bertz CT molecular complexity index is 753. The van der Waals surface area contributed by atoms with Crippen molar-refractivity contribution in [1.82, 2.24) is 0 Å². The first kappa shape index (κ1) is 59.2. The summed E-state index contributed by atoms with van der Waals surface area (Å²) in [4.78, 5) is 0. The third kappa shape index (κ3) is 33.8. The molecule has 0 amide bonds. The second kappa shape index (κ2) is 35.7. The highest BCUT2D eigenvalue weighted by atomic mass is 19.0. The smallest absolute Gasteiger partial charge is 0.154 e. The molecule has 2 unspecified atom stereocenters. The molecule has 1 aromatic rings. The summed E-state index contributed by atoms with van der Waals surface area (Å²) in [5, 5.41) is 0. The number of rotatable bonds is 0. The number of halogens is 1. The molecular formula is C53H101BFO3. The minimum atomic E-state index is 0. The maximum Gasteiger partial charge on any atom is 0.154 e. The van der Waals surface area contributed by atoms with Crippen LogP contribution < -0.4 is 0 Å². The molecule has 341 valence electrons. The van der Waals surface area contributed by atoms with Crippen molar-refractivity contribution in [3.8, 4) is 0 Å². The Morgan fingerprint density at radius 1 is 0.310 bits per heavy atom. The predicted octanol–water partition coefficient (Wildman–Crippen LogP) is 16.2. The first-order valence-corrected chi connectivity index (χ1v) is 24.4. The number of ether oxygens (including phenoxy) is 3. The molecule has 4 aliphatic carbocycles. The van der Waals surface area contributed by atoms with Gasteiger partial charge in [-0.05, 0) is 93.8 Å². The lowest BCUT2D eigenvalue weighted by molar-refractivity contribution is -0.187. The molecule has 5 heteroatoms. The number of hydrogen-bond donors (Lipinski definition) is 0. The first-order chi connectivity index (χ1) is 26.5. The fraction of sp³-hybridized carbons (Fsp3) is 0.887. The molecule has 58 heavy (non-hydrogen) atoms. The van der Waals surface area contributed by atoms with Gasteiger partial charge in [0, 0.05) is 20.9 Å². The lowest BCUT2D eigenvalue weighted by Gasteiger charge is -2.24. The quantitative estimate of drug-likeness (QED) is 0.244. The molecule has 0 bridgehead atoms. The Kier molecular flexibility index (Phi) is 36.4. The van der Waals surface area contributed by atoms with Crippen LogP contribution in [0.5, 0.6) is 0 Å². The van der Waals surface area contributed by atoms with Crippen molar-refractivity contribution in [2.45, 2.75) is 225 Å². The van der Waals surface area contributed by atoms with Gasteiger partial charge >= 0.3 is 0 Å². The molecule has 3 radical (unpaired) electrons. The average Bonchev–Trinajstić information content (AvgIpc) is 3.18. The van der Waals surface area contributed by atoms with Gasteiger partial charge in [0.1, 0.15) is 0 Å². The van der Waals surface area contributed by atoms with Gasteiger partial charge in [-0.3, -0.25) is 4.70 Å². The third-order valence-corrected chi connectivity index (χ3v) is 13.4. The van der Waals surface area contributed by atoms with E-state index in [1.807, 2.05) is 6.92 Å². The molecule has 4 saturated carbocycles. The Morgan fingerprint density at radius 3 is 0.690 bits per heavy atom. The van der Waals surface area contributed by atoms with E-state index >= 15 is 0 Å². The van der Waals surface area contributed by atoms with Gasteiger partial charge in [0.2, 0.25) is 0 Å². The summed E-state index contributed by atoms with van der Waals surface area (Å²) < 4.78 is 15.7. The van der Waals surface area contributed by atoms with Crippen molar-refractivity contribution in [3.05, 3.63) is 35.4 Å². The maximum atomic E-state index is 5.39. The van der Waals surface area contributed by atoms with Crippen LogP contribution in [0.3, 0.4) is 0 Å². The predicted molar refractivity (Wildman–Crippen MR) is 256 cm³/mol. The topological polar surface area (TPSA) is 27.7 Å². The number of hydrogen-bond acceptors (Lipinski definition) is 3. The summed E-state index contributed by atoms with van der Waals surface area (Å²) >= 11 is 0. The van der Waals surface area contributed by atoms with Crippen LogP contribution in [0, 0.1) is 73.0 Å². The van der Waals surface area contributed by atoms with E-state index in [4.69, 9.17) is 14.2 Å². The van der Waals surface area contributed by atoms with Gasteiger partial charge in [-0.1, -0.05) is 207 Å². The van der Waals surface area contributed by atoms with Crippen LogP contribution in [0.1, 0.15) is 210 Å². The molecule has 2 saturated heterocycles. The Labute approximate surface area is 365 Å². The van der Waals surface area contributed by atoms with Crippen LogP contribution in [0.15, 0.2) is 24.3 Å². The molecule has 0 spiro atoms.